The van der Waals surface area contributed by atoms with Gasteiger partial charge in [0.2, 0.25) is 0 Å². The topological polar surface area (TPSA) is 30.7 Å². The van der Waals surface area contributed by atoms with E-state index in [1.54, 1.807) is 0 Å². The molecule has 0 N–H and O–H groups in total. The van der Waals surface area contributed by atoms with Gasteiger partial charge in [-0.05, 0) is 133 Å². The molecule has 0 atom stereocenters. The van der Waals surface area contributed by atoms with E-state index in [0.29, 0.717) is 5.82 Å². The van der Waals surface area contributed by atoms with Gasteiger partial charge in [-0.2, -0.15) is 0 Å². The summed E-state index contributed by atoms with van der Waals surface area (Å²) in [4.78, 5) is 10.8. The molecule has 0 amide bonds. The lowest BCUT2D eigenvalue weighted by Gasteiger charge is -2.13. The van der Waals surface area contributed by atoms with Crippen LogP contribution in [0.3, 0.4) is 0 Å². The van der Waals surface area contributed by atoms with Gasteiger partial charge >= 0.3 is 0 Å². The third-order valence-corrected chi connectivity index (χ3v) is 14.0. The SMILES string of the molecule is c1ccc(-c2cccc(-c3cccc(-c4cccc(-c5cccc(-c6nc(-c7cccc(-c8cccc(-c9ccccc9)c8)c7)cc(-c7cccc(-n8c9ccccc9c9ccccc98)c7)n6)c5)c4)c3)c2)cc1. The molecule has 0 unspecified atom stereocenters. The minimum Gasteiger partial charge on any atom is -0.309 e. The van der Waals surface area contributed by atoms with Crippen LogP contribution in [0.1, 0.15) is 0 Å². The zero-order valence-electron chi connectivity index (χ0n) is 40.0. The van der Waals surface area contributed by atoms with E-state index in [1.807, 2.05) is 0 Å². The first-order chi connectivity index (χ1) is 36.1. The van der Waals surface area contributed by atoms with Crippen LogP contribution in [0.2, 0.25) is 0 Å². The second kappa shape index (κ2) is 18.9. The number of nitrogens with zero attached hydrogens (tertiary/aromatic N) is 3. The van der Waals surface area contributed by atoms with Gasteiger partial charge in [-0.15, -0.1) is 0 Å². The van der Waals surface area contributed by atoms with Crippen molar-refractivity contribution in [3.05, 3.63) is 285 Å². The summed E-state index contributed by atoms with van der Waals surface area (Å²) in [6, 6.07) is 102. The van der Waals surface area contributed by atoms with Crippen LogP contribution >= 0.6 is 0 Å². The zero-order valence-corrected chi connectivity index (χ0v) is 40.0. The fourth-order valence-electron chi connectivity index (χ4n) is 10.3. The van der Waals surface area contributed by atoms with Crippen LogP contribution in [0.5, 0.6) is 0 Å². The molecule has 0 aliphatic rings. The fourth-order valence-corrected chi connectivity index (χ4v) is 10.3. The van der Waals surface area contributed by atoms with Crippen molar-refractivity contribution in [2.45, 2.75) is 0 Å². The van der Waals surface area contributed by atoms with Crippen LogP contribution < -0.4 is 0 Å². The highest BCUT2D eigenvalue weighted by Crippen LogP contribution is 2.37. The highest BCUT2D eigenvalue weighted by Gasteiger charge is 2.16. The molecule has 0 bridgehead atoms. The van der Waals surface area contributed by atoms with Gasteiger partial charge in [0, 0.05) is 33.2 Å². The summed E-state index contributed by atoms with van der Waals surface area (Å²) in [7, 11) is 0. The maximum Gasteiger partial charge on any atom is 0.160 e. The van der Waals surface area contributed by atoms with Crippen molar-refractivity contribution in [2.75, 3.05) is 0 Å². The molecule has 13 rings (SSSR count). The molecule has 0 aliphatic carbocycles. The Morgan fingerprint density at radius 3 is 0.918 bits per heavy atom. The van der Waals surface area contributed by atoms with Crippen LogP contribution in [0.4, 0.5) is 0 Å². The number of rotatable bonds is 10. The molecule has 0 saturated heterocycles. The van der Waals surface area contributed by atoms with Crippen LogP contribution in [-0.4, -0.2) is 14.5 Å². The number of benzene rings is 11. The minimum atomic E-state index is 0.662. The first kappa shape index (κ1) is 43.3. The molecule has 13 aromatic rings. The van der Waals surface area contributed by atoms with Crippen molar-refractivity contribution in [2.24, 2.45) is 0 Å². The summed E-state index contributed by atoms with van der Waals surface area (Å²) >= 11 is 0. The maximum atomic E-state index is 5.42. The van der Waals surface area contributed by atoms with E-state index in [9.17, 15) is 0 Å². The molecular weight excluding hydrogens is 883 g/mol. The molecule has 0 spiro atoms. The Labute approximate surface area is 425 Å². The molecule has 2 aromatic heterocycles. The molecule has 0 saturated carbocycles. The lowest BCUT2D eigenvalue weighted by atomic mass is 9.94. The van der Waals surface area contributed by atoms with Crippen LogP contribution in [0.15, 0.2) is 285 Å². The average Bonchev–Trinajstić information content (AvgIpc) is 3.82. The molecule has 73 heavy (non-hydrogen) atoms. The molecular formula is C70H47N3. The molecule has 11 aromatic carbocycles. The van der Waals surface area contributed by atoms with E-state index in [-0.39, 0.29) is 0 Å². The van der Waals surface area contributed by atoms with Crippen molar-refractivity contribution >= 4 is 21.8 Å². The van der Waals surface area contributed by atoms with Crippen LogP contribution in [0.25, 0.3) is 128 Å². The van der Waals surface area contributed by atoms with E-state index >= 15 is 0 Å². The predicted molar refractivity (Wildman–Crippen MR) is 305 cm³/mol. The third-order valence-electron chi connectivity index (χ3n) is 14.0. The normalized spacial score (nSPS) is 11.3. The summed E-state index contributed by atoms with van der Waals surface area (Å²) in [6.07, 6.45) is 0. The Hall–Kier alpha value is -9.70. The highest BCUT2D eigenvalue weighted by atomic mass is 15.0. The number of aromatic nitrogens is 3. The van der Waals surface area contributed by atoms with E-state index in [0.717, 1.165) is 61.6 Å². The summed E-state index contributed by atoms with van der Waals surface area (Å²) in [5, 5.41) is 2.46. The van der Waals surface area contributed by atoms with Crippen molar-refractivity contribution in [3.63, 3.8) is 0 Å². The lowest BCUT2D eigenvalue weighted by Crippen LogP contribution is -1.98. The van der Waals surface area contributed by atoms with Gasteiger partial charge in [0.1, 0.15) is 0 Å². The second-order valence-electron chi connectivity index (χ2n) is 18.6. The number of hydrogen-bond acceptors (Lipinski definition) is 2. The Balaban J connectivity index is 0.896. The van der Waals surface area contributed by atoms with Gasteiger partial charge in [0.05, 0.1) is 22.4 Å². The van der Waals surface area contributed by atoms with Crippen molar-refractivity contribution in [1.82, 2.24) is 14.5 Å². The molecule has 2 heterocycles. The minimum absolute atomic E-state index is 0.662. The molecule has 3 nitrogen and oxygen atoms in total. The van der Waals surface area contributed by atoms with Crippen molar-refractivity contribution in [3.8, 4) is 106 Å². The zero-order chi connectivity index (χ0) is 48.5. The number of fused-ring (bicyclic) bond motifs is 3. The average molecular weight is 930 g/mol. The largest absolute Gasteiger partial charge is 0.309 e. The van der Waals surface area contributed by atoms with Crippen LogP contribution in [-0.2, 0) is 0 Å². The molecule has 0 aliphatic heterocycles. The van der Waals surface area contributed by atoms with Gasteiger partial charge < -0.3 is 4.57 Å². The number of para-hydroxylation sites is 2. The first-order valence-electron chi connectivity index (χ1n) is 24.9. The monoisotopic (exact) mass is 929 g/mol. The van der Waals surface area contributed by atoms with Crippen molar-refractivity contribution < 1.29 is 0 Å². The quantitative estimate of drug-likeness (QED) is 0.137. The lowest BCUT2D eigenvalue weighted by molar-refractivity contribution is 1.16. The van der Waals surface area contributed by atoms with Crippen LogP contribution in [0, 0.1) is 0 Å². The van der Waals surface area contributed by atoms with Crippen molar-refractivity contribution in [1.29, 1.82) is 0 Å². The maximum absolute atomic E-state index is 5.42. The van der Waals surface area contributed by atoms with Gasteiger partial charge in [-0.25, -0.2) is 9.97 Å². The van der Waals surface area contributed by atoms with E-state index in [1.165, 1.54) is 60.8 Å². The standard InChI is InChI=1S/C70H47N3/c1-3-18-48(19-4-1)50-22-11-24-52(40-50)54-26-13-27-55(42-54)56-28-14-29-57(43-56)59-31-16-34-62(45-59)70-71-66(60-32-15-30-58(44-60)53-25-12-23-51(41-53)49-20-5-2-6-21-49)47-67(72-70)61-33-17-35-63(46-61)73-68-38-9-7-36-64(68)65-37-8-10-39-69(65)73/h1-47H. The predicted octanol–water partition coefficient (Wildman–Crippen LogP) is 18.6. The molecule has 3 heteroatoms. The molecule has 0 fully saturated rings. The van der Waals surface area contributed by atoms with Gasteiger partial charge in [0.25, 0.3) is 0 Å². The fraction of sp³-hybridized carbons (Fsp3) is 0. The summed E-state index contributed by atoms with van der Waals surface area (Å²) in [5.74, 6) is 0.662. The van der Waals surface area contributed by atoms with Gasteiger partial charge in [-0.3, -0.25) is 0 Å². The summed E-state index contributed by atoms with van der Waals surface area (Å²) in [5.41, 5.74) is 22.0. The highest BCUT2D eigenvalue weighted by molar-refractivity contribution is 6.09. The smallest absolute Gasteiger partial charge is 0.160 e. The van der Waals surface area contributed by atoms with E-state index < -0.39 is 0 Å². The van der Waals surface area contributed by atoms with E-state index in [4.69, 9.17) is 9.97 Å². The summed E-state index contributed by atoms with van der Waals surface area (Å²) < 4.78 is 2.36. The second-order valence-corrected chi connectivity index (χ2v) is 18.6. The Morgan fingerprint density at radius 2 is 0.493 bits per heavy atom. The molecule has 342 valence electrons. The molecule has 0 radical (unpaired) electrons. The van der Waals surface area contributed by atoms with Gasteiger partial charge in [0.15, 0.2) is 5.82 Å². The third kappa shape index (κ3) is 8.60. The Bertz CT molecular complexity index is 4100. The van der Waals surface area contributed by atoms with Gasteiger partial charge in [-0.1, -0.05) is 218 Å². The summed E-state index contributed by atoms with van der Waals surface area (Å²) in [6.45, 7) is 0. The number of hydrogen-bond donors (Lipinski definition) is 0. The van der Waals surface area contributed by atoms with E-state index in [2.05, 4.69) is 290 Å². The Kier molecular flexibility index (Phi) is 11.2. The first-order valence-corrected chi connectivity index (χ1v) is 24.9. The Morgan fingerprint density at radius 1 is 0.205 bits per heavy atom.